The number of carbonyl (C=O) groups excluding carboxylic acids is 2. The number of benzene rings is 3. The second-order valence-corrected chi connectivity index (χ2v) is 8.66. The van der Waals surface area contributed by atoms with Crippen molar-refractivity contribution in [2.24, 2.45) is 0 Å². The highest BCUT2D eigenvalue weighted by atomic mass is 16.5. The van der Waals surface area contributed by atoms with E-state index in [4.69, 9.17) is 9.47 Å². The van der Waals surface area contributed by atoms with Gasteiger partial charge in [-0.15, -0.1) is 0 Å². The maximum Gasteiger partial charge on any atom is 0.262 e. The summed E-state index contributed by atoms with van der Waals surface area (Å²) in [5.74, 6) is 0.641. The van der Waals surface area contributed by atoms with E-state index in [1.807, 2.05) is 56.3 Å². The van der Waals surface area contributed by atoms with Crippen molar-refractivity contribution in [2.75, 3.05) is 18.5 Å². The van der Waals surface area contributed by atoms with Gasteiger partial charge in [-0.1, -0.05) is 54.6 Å². The lowest BCUT2D eigenvalue weighted by Gasteiger charge is -2.18. The third-order valence-electron chi connectivity index (χ3n) is 5.40. The van der Waals surface area contributed by atoms with Crippen LogP contribution in [0.2, 0.25) is 0 Å². The Labute approximate surface area is 193 Å². The van der Waals surface area contributed by atoms with E-state index in [-0.39, 0.29) is 24.0 Å². The molecule has 3 aromatic rings. The molecule has 2 amide bonds. The predicted octanol–water partition coefficient (Wildman–Crippen LogP) is 4.39. The Morgan fingerprint density at radius 3 is 2.55 bits per heavy atom. The Kier molecular flexibility index (Phi) is 6.63. The standard InChI is InChI=1S/C27H28N2O4/c1-27(2)17-20-11-8-14-23(25(20)33-27)32-18-24(30)29-22-13-7-6-12-21(22)26(31)28-16-15-19-9-4-3-5-10-19/h3-14H,15-18H2,1-2H3,(H,28,31)(H,29,30). The molecule has 0 saturated heterocycles. The van der Waals surface area contributed by atoms with E-state index < -0.39 is 0 Å². The predicted molar refractivity (Wildman–Crippen MR) is 128 cm³/mol. The Bertz CT molecular complexity index is 1140. The van der Waals surface area contributed by atoms with Gasteiger partial charge in [-0.25, -0.2) is 0 Å². The Hall–Kier alpha value is -3.80. The molecule has 3 aromatic carbocycles. The summed E-state index contributed by atoms with van der Waals surface area (Å²) in [6.07, 6.45) is 1.52. The Morgan fingerprint density at radius 2 is 1.73 bits per heavy atom. The van der Waals surface area contributed by atoms with Crippen LogP contribution in [0, 0.1) is 0 Å². The fourth-order valence-electron chi connectivity index (χ4n) is 3.88. The maximum absolute atomic E-state index is 12.7. The van der Waals surface area contributed by atoms with Gasteiger partial charge in [0.1, 0.15) is 5.60 Å². The molecule has 4 rings (SSSR count). The molecular weight excluding hydrogens is 416 g/mol. The van der Waals surface area contributed by atoms with Gasteiger partial charge in [-0.2, -0.15) is 0 Å². The number of ether oxygens (including phenoxy) is 2. The summed E-state index contributed by atoms with van der Waals surface area (Å²) >= 11 is 0. The molecule has 0 fully saturated rings. The molecule has 0 atom stereocenters. The van der Waals surface area contributed by atoms with Crippen LogP contribution in [0.25, 0.3) is 0 Å². The van der Waals surface area contributed by atoms with Crippen molar-refractivity contribution in [3.05, 3.63) is 89.5 Å². The van der Waals surface area contributed by atoms with Gasteiger partial charge in [0.15, 0.2) is 18.1 Å². The average molecular weight is 445 g/mol. The molecule has 170 valence electrons. The van der Waals surface area contributed by atoms with Gasteiger partial charge in [0.2, 0.25) is 0 Å². The zero-order chi connectivity index (χ0) is 23.3. The minimum atomic E-state index is -0.352. The summed E-state index contributed by atoms with van der Waals surface area (Å²) in [7, 11) is 0. The van der Waals surface area contributed by atoms with Gasteiger partial charge in [0, 0.05) is 18.5 Å². The van der Waals surface area contributed by atoms with Crippen LogP contribution in [0.4, 0.5) is 5.69 Å². The van der Waals surface area contributed by atoms with Gasteiger partial charge >= 0.3 is 0 Å². The van der Waals surface area contributed by atoms with Crippen molar-refractivity contribution in [1.29, 1.82) is 0 Å². The van der Waals surface area contributed by atoms with E-state index >= 15 is 0 Å². The van der Waals surface area contributed by atoms with E-state index in [1.165, 1.54) is 0 Å². The number of para-hydroxylation sites is 2. The zero-order valence-electron chi connectivity index (χ0n) is 18.9. The van der Waals surface area contributed by atoms with Crippen molar-refractivity contribution in [1.82, 2.24) is 5.32 Å². The molecule has 1 aliphatic rings. The fraction of sp³-hybridized carbons (Fsp3) is 0.259. The number of amides is 2. The number of carbonyl (C=O) groups is 2. The first-order valence-corrected chi connectivity index (χ1v) is 11.1. The third kappa shape index (κ3) is 5.71. The molecule has 0 saturated carbocycles. The summed E-state index contributed by atoms with van der Waals surface area (Å²) in [5.41, 5.74) is 2.77. The van der Waals surface area contributed by atoms with Crippen LogP contribution in [0.1, 0.15) is 35.3 Å². The van der Waals surface area contributed by atoms with E-state index in [1.54, 1.807) is 30.3 Å². The van der Waals surface area contributed by atoms with Gasteiger partial charge in [0.25, 0.3) is 11.8 Å². The van der Waals surface area contributed by atoms with Crippen LogP contribution in [-0.2, 0) is 17.6 Å². The quantitative estimate of drug-likeness (QED) is 0.540. The number of fused-ring (bicyclic) bond motifs is 1. The first kappa shape index (κ1) is 22.4. The molecule has 33 heavy (non-hydrogen) atoms. The monoisotopic (exact) mass is 444 g/mol. The van der Waals surface area contributed by atoms with Crippen LogP contribution in [0.15, 0.2) is 72.8 Å². The first-order chi connectivity index (χ1) is 15.9. The molecule has 2 N–H and O–H groups in total. The van der Waals surface area contributed by atoms with Gasteiger partial charge in [0.05, 0.1) is 11.3 Å². The van der Waals surface area contributed by atoms with E-state index in [0.717, 1.165) is 24.0 Å². The summed E-state index contributed by atoms with van der Waals surface area (Å²) in [5, 5.41) is 5.70. The molecule has 0 unspecified atom stereocenters. The largest absolute Gasteiger partial charge is 0.483 e. The highest BCUT2D eigenvalue weighted by Crippen LogP contribution is 2.41. The number of rotatable bonds is 8. The Morgan fingerprint density at radius 1 is 0.970 bits per heavy atom. The second-order valence-electron chi connectivity index (χ2n) is 8.66. The van der Waals surface area contributed by atoms with Crippen molar-refractivity contribution < 1.29 is 19.1 Å². The smallest absolute Gasteiger partial charge is 0.262 e. The van der Waals surface area contributed by atoms with Crippen LogP contribution >= 0.6 is 0 Å². The first-order valence-electron chi connectivity index (χ1n) is 11.1. The van der Waals surface area contributed by atoms with Crippen LogP contribution in [-0.4, -0.2) is 30.6 Å². The van der Waals surface area contributed by atoms with Crippen molar-refractivity contribution in [2.45, 2.75) is 32.3 Å². The minimum Gasteiger partial charge on any atom is -0.483 e. The average Bonchev–Trinajstić information content (AvgIpc) is 3.13. The SMILES string of the molecule is CC1(C)Cc2cccc(OCC(=O)Nc3ccccc3C(=O)NCCc3ccccc3)c2O1. The molecule has 6 heteroatoms. The van der Waals surface area contributed by atoms with Crippen LogP contribution in [0.5, 0.6) is 11.5 Å². The van der Waals surface area contributed by atoms with E-state index in [2.05, 4.69) is 10.6 Å². The van der Waals surface area contributed by atoms with Gasteiger partial charge in [-0.05, 0) is 44.0 Å². The van der Waals surface area contributed by atoms with Crippen molar-refractivity contribution in [3.63, 3.8) is 0 Å². The summed E-state index contributed by atoms with van der Waals surface area (Å²) in [6.45, 7) is 4.35. The minimum absolute atomic E-state index is 0.190. The number of hydrogen-bond acceptors (Lipinski definition) is 4. The molecule has 0 radical (unpaired) electrons. The van der Waals surface area contributed by atoms with Crippen molar-refractivity contribution in [3.8, 4) is 11.5 Å². The van der Waals surface area contributed by atoms with Crippen LogP contribution < -0.4 is 20.1 Å². The third-order valence-corrected chi connectivity index (χ3v) is 5.40. The Balaban J connectivity index is 1.34. The number of hydrogen-bond donors (Lipinski definition) is 2. The highest BCUT2D eigenvalue weighted by Gasteiger charge is 2.32. The maximum atomic E-state index is 12.7. The fourth-order valence-corrected chi connectivity index (χ4v) is 3.88. The number of nitrogens with one attached hydrogen (secondary N) is 2. The molecule has 0 aromatic heterocycles. The summed E-state index contributed by atoms with van der Waals surface area (Å²) < 4.78 is 11.7. The van der Waals surface area contributed by atoms with E-state index in [0.29, 0.717) is 29.3 Å². The summed E-state index contributed by atoms with van der Waals surface area (Å²) in [4.78, 5) is 25.3. The molecule has 0 bridgehead atoms. The molecule has 0 spiro atoms. The molecule has 1 aliphatic heterocycles. The van der Waals surface area contributed by atoms with Crippen LogP contribution in [0.3, 0.4) is 0 Å². The molecular formula is C27H28N2O4. The van der Waals surface area contributed by atoms with E-state index in [9.17, 15) is 9.59 Å². The van der Waals surface area contributed by atoms with Gasteiger partial charge < -0.3 is 20.1 Å². The molecule has 0 aliphatic carbocycles. The number of anilines is 1. The highest BCUT2D eigenvalue weighted by molar-refractivity contribution is 6.04. The van der Waals surface area contributed by atoms with Gasteiger partial charge in [-0.3, -0.25) is 9.59 Å². The summed E-state index contributed by atoms with van der Waals surface area (Å²) in [6, 6.07) is 22.6. The lowest BCUT2D eigenvalue weighted by Crippen LogP contribution is -2.28. The lowest BCUT2D eigenvalue weighted by molar-refractivity contribution is -0.118. The van der Waals surface area contributed by atoms with Crippen molar-refractivity contribution >= 4 is 17.5 Å². The lowest BCUT2D eigenvalue weighted by atomic mass is 10.0. The normalized spacial score (nSPS) is 13.5. The molecule has 1 heterocycles. The second kappa shape index (κ2) is 9.77. The zero-order valence-corrected chi connectivity index (χ0v) is 18.9. The molecule has 6 nitrogen and oxygen atoms in total. The topological polar surface area (TPSA) is 76.7 Å².